The van der Waals surface area contributed by atoms with Crippen LogP contribution in [-0.4, -0.2) is 25.3 Å². The van der Waals surface area contributed by atoms with E-state index in [2.05, 4.69) is 10.6 Å². The Hall–Kier alpha value is -1.91. The van der Waals surface area contributed by atoms with Crippen LogP contribution in [0, 0.1) is 0 Å². The van der Waals surface area contributed by atoms with Gasteiger partial charge in [0.15, 0.2) is 11.5 Å². The molecule has 1 aromatic carbocycles. The van der Waals surface area contributed by atoms with Crippen LogP contribution in [0.4, 0.5) is 5.69 Å². The van der Waals surface area contributed by atoms with Gasteiger partial charge in [-0.05, 0) is 25.0 Å². The van der Waals surface area contributed by atoms with E-state index in [4.69, 9.17) is 9.47 Å². The van der Waals surface area contributed by atoms with Crippen LogP contribution < -0.4 is 20.1 Å². The second-order valence-electron chi connectivity index (χ2n) is 5.32. The Bertz CT molecular complexity index is 484. The molecule has 1 fully saturated rings. The minimum Gasteiger partial charge on any atom is -0.454 e. The minimum absolute atomic E-state index is 0.0505. The summed E-state index contributed by atoms with van der Waals surface area (Å²) in [5, 5.41) is 6.20. The van der Waals surface area contributed by atoms with E-state index in [9.17, 15) is 4.79 Å². The van der Waals surface area contributed by atoms with Crippen LogP contribution >= 0.6 is 0 Å². The lowest BCUT2D eigenvalue weighted by atomic mass is 9.95. The Morgan fingerprint density at radius 3 is 2.80 bits per heavy atom. The number of benzene rings is 1. The summed E-state index contributed by atoms with van der Waals surface area (Å²) in [7, 11) is 0. The van der Waals surface area contributed by atoms with E-state index >= 15 is 0 Å². The number of hydrogen-bond donors (Lipinski definition) is 2. The lowest BCUT2D eigenvalue weighted by molar-refractivity contribution is -0.120. The van der Waals surface area contributed by atoms with Crippen LogP contribution in [0.5, 0.6) is 11.5 Å². The summed E-state index contributed by atoms with van der Waals surface area (Å²) < 4.78 is 10.6. The van der Waals surface area contributed by atoms with Crippen LogP contribution in [0.15, 0.2) is 18.2 Å². The van der Waals surface area contributed by atoms with Crippen LogP contribution in [0.25, 0.3) is 0 Å². The molecule has 0 saturated heterocycles. The molecule has 0 spiro atoms. The zero-order valence-corrected chi connectivity index (χ0v) is 11.5. The van der Waals surface area contributed by atoms with Gasteiger partial charge < -0.3 is 20.1 Å². The minimum atomic E-state index is 0.0505. The summed E-state index contributed by atoms with van der Waals surface area (Å²) in [6.45, 7) is 0.553. The maximum absolute atomic E-state index is 11.9. The fraction of sp³-hybridized carbons (Fsp3) is 0.533. The van der Waals surface area contributed by atoms with Crippen LogP contribution in [0.3, 0.4) is 0 Å². The average molecular weight is 276 g/mol. The van der Waals surface area contributed by atoms with E-state index in [0.717, 1.165) is 30.0 Å². The van der Waals surface area contributed by atoms with E-state index in [1.165, 1.54) is 19.3 Å². The first-order valence-electron chi connectivity index (χ1n) is 7.24. The summed E-state index contributed by atoms with van der Waals surface area (Å²) in [5.74, 6) is 1.53. The highest BCUT2D eigenvalue weighted by molar-refractivity contribution is 5.81. The largest absolute Gasteiger partial charge is 0.454 e. The molecule has 1 heterocycles. The van der Waals surface area contributed by atoms with Crippen molar-refractivity contribution in [1.82, 2.24) is 5.32 Å². The van der Waals surface area contributed by atoms with Crippen LogP contribution in [0.1, 0.15) is 32.1 Å². The van der Waals surface area contributed by atoms with E-state index in [-0.39, 0.29) is 19.2 Å². The highest BCUT2D eigenvalue weighted by Gasteiger charge is 2.16. The maximum Gasteiger partial charge on any atom is 0.239 e. The Labute approximate surface area is 118 Å². The maximum atomic E-state index is 11.9. The van der Waals surface area contributed by atoms with Gasteiger partial charge in [-0.2, -0.15) is 0 Å². The number of nitrogens with one attached hydrogen (secondary N) is 2. The molecule has 1 aliphatic heterocycles. The molecular formula is C15H20N2O3. The monoisotopic (exact) mass is 276 g/mol. The number of carbonyl (C=O) groups is 1. The molecule has 3 rings (SSSR count). The van der Waals surface area contributed by atoms with Crippen molar-refractivity contribution in [2.45, 2.75) is 38.1 Å². The molecule has 2 N–H and O–H groups in total. The van der Waals surface area contributed by atoms with Crippen LogP contribution in [-0.2, 0) is 4.79 Å². The zero-order chi connectivity index (χ0) is 13.8. The lowest BCUT2D eigenvalue weighted by Crippen LogP contribution is -2.39. The number of amides is 1. The molecule has 2 aliphatic rings. The lowest BCUT2D eigenvalue weighted by Gasteiger charge is -2.22. The predicted octanol–water partition coefficient (Wildman–Crippen LogP) is 2.28. The first kappa shape index (κ1) is 13.1. The smallest absolute Gasteiger partial charge is 0.239 e. The summed E-state index contributed by atoms with van der Waals surface area (Å²) in [6, 6.07) is 5.95. The molecule has 1 saturated carbocycles. The van der Waals surface area contributed by atoms with Crippen molar-refractivity contribution in [3.63, 3.8) is 0 Å². The average Bonchev–Trinajstić information content (AvgIpc) is 2.93. The third-order valence-corrected chi connectivity index (χ3v) is 3.80. The molecule has 0 bridgehead atoms. The summed E-state index contributed by atoms with van der Waals surface area (Å²) in [4.78, 5) is 11.9. The number of fused-ring (bicyclic) bond motifs is 1. The highest BCUT2D eigenvalue weighted by Crippen LogP contribution is 2.34. The van der Waals surface area contributed by atoms with Crippen molar-refractivity contribution in [2.24, 2.45) is 0 Å². The number of anilines is 1. The molecule has 1 aliphatic carbocycles. The number of carbonyl (C=O) groups excluding carboxylic acids is 1. The Morgan fingerprint density at radius 2 is 1.95 bits per heavy atom. The van der Waals surface area contributed by atoms with Crippen molar-refractivity contribution in [2.75, 3.05) is 18.7 Å². The summed E-state index contributed by atoms with van der Waals surface area (Å²) in [5.41, 5.74) is 0.869. The molecular weight excluding hydrogens is 256 g/mol. The zero-order valence-electron chi connectivity index (χ0n) is 11.5. The van der Waals surface area contributed by atoms with Gasteiger partial charge in [-0.3, -0.25) is 4.79 Å². The van der Waals surface area contributed by atoms with Gasteiger partial charge in [0.05, 0.1) is 6.54 Å². The first-order valence-corrected chi connectivity index (χ1v) is 7.24. The number of hydrogen-bond acceptors (Lipinski definition) is 4. The second kappa shape index (κ2) is 6.03. The van der Waals surface area contributed by atoms with Crippen LogP contribution in [0.2, 0.25) is 0 Å². The van der Waals surface area contributed by atoms with Gasteiger partial charge in [-0.1, -0.05) is 19.3 Å². The van der Waals surface area contributed by atoms with E-state index in [1.807, 2.05) is 18.2 Å². The van der Waals surface area contributed by atoms with Crippen molar-refractivity contribution in [3.8, 4) is 11.5 Å². The molecule has 108 valence electrons. The highest BCUT2D eigenvalue weighted by atomic mass is 16.7. The second-order valence-corrected chi connectivity index (χ2v) is 5.32. The van der Waals surface area contributed by atoms with E-state index in [0.29, 0.717) is 6.04 Å². The van der Waals surface area contributed by atoms with Crippen molar-refractivity contribution in [3.05, 3.63) is 18.2 Å². The topological polar surface area (TPSA) is 59.6 Å². The van der Waals surface area contributed by atoms with Gasteiger partial charge in [0.2, 0.25) is 12.7 Å². The molecule has 20 heavy (non-hydrogen) atoms. The fourth-order valence-corrected chi connectivity index (χ4v) is 2.71. The van der Waals surface area contributed by atoms with Gasteiger partial charge >= 0.3 is 0 Å². The third-order valence-electron chi connectivity index (χ3n) is 3.80. The summed E-state index contributed by atoms with van der Waals surface area (Å²) in [6.07, 6.45) is 5.95. The predicted molar refractivity (Wildman–Crippen MR) is 76.1 cm³/mol. The SMILES string of the molecule is O=C(CNc1ccc2c(c1)OCO2)NC1CCCCC1. The van der Waals surface area contributed by atoms with Gasteiger partial charge in [0.1, 0.15) is 0 Å². The molecule has 5 nitrogen and oxygen atoms in total. The molecule has 0 atom stereocenters. The molecule has 1 amide bonds. The fourth-order valence-electron chi connectivity index (χ4n) is 2.71. The normalized spacial score (nSPS) is 17.8. The molecule has 0 aromatic heterocycles. The summed E-state index contributed by atoms with van der Waals surface area (Å²) >= 11 is 0. The van der Waals surface area contributed by atoms with Gasteiger partial charge in [-0.25, -0.2) is 0 Å². The third kappa shape index (κ3) is 3.15. The van der Waals surface area contributed by atoms with Gasteiger partial charge in [-0.15, -0.1) is 0 Å². The number of ether oxygens (including phenoxy) is 2. The quantitative estimate of drug-likeness (QED) is 0.885. The Morgan fingerprint density at radius 1 is 1.15 bits per heavy atom. The molecule has 5 heteroatoms. The van der Waals surface area contributed by atoms with E-state index in [1.54, 1.807) is 0 Å². The molecule has 0 radical (unpaired) electrons. The Kier molecular flexibility index (Phi) is 3.95. The number of rotatable bonds is 4. The van der Waals surface area contributed by atoms with E-state index < -0.39 is 0 Å². The molecule has 1 aromatic rings. The molecule has 0 unspecified atom stereocenters. The van der Waals surface area contributed by atoms with Gasteiger partial charge in [0.25, 0.3) is 0 Å². The van der Waals surface area contributed by atoms with Crippen molar-refractivity contribution < 1.29 is 14.3 Å². The Balaban J connectivity index is 1.47. The standard InChI is InChI=1S/C15H20N2O3/c18-15(17-11-4-2-1-3-5-11)9-16-12-6-7-13-14(8-12)20-10-19-13/h6-8,11,16H,1-5,9-10H2,(H,17,18). The van der Waals surface area contributed by atoms with Crippen molar-refractivity contribution >= 4 is 11.6 Å². The first-order chi connectivity index (χ1) is 9.81. The van der Waals surface area contributed by atoms with Gasteiger partial charge in [0, 0.05) is 17.8 Å². The van der Waals surface area contributed by atoms with Crippen molar-refractivity contribution in [1.29, 1.82) is 0 Å².